The maximum absolute atomic E-state index is 12.7. The van der Waals surface area contributed by atoms with Crippen LogP contribution in [0.3, 0.4) is 0 Å². The predicted molar refractivity (Wildman–Crippen MR) is 107 cm³/mol. The van der Waals surface area contributed by atoms with E-state index in [1.165, 1.54) is 33.7 Å². The molecule has 0 atom stereocenters. The van der Waals surface area contributed by atoms with E-state index < -0.39 is 0 Å². The van der Waals surface area contributed by atoms with Crippen LogP contribution in [0.5, 0.6) is 5.75 Å². The summed E-state index contributed by atoms with van der Waals surface area (Å²) in [6.07, 6.45) is 0. The van der Waals surface area contributed by atoms with Crippen molar-refractivity contribution in [2.24, 2.45) is 0 Å². The highest BCUT2D eigenvalue weighted by molar-refractivity contribution is 5.70. The SMILES string of the molecule is [O-]c1ccccc1C1c2ccccc2[C+](c2ccccc2)c2ccccc21. The fourth-order valence-electron chi connectivity index (χ4n) is 4.24. The molecule has 0 unspecified atom stereocenters. The van der Waals surface area contributed by atoms with E-state index >= 15 is 0 Å². The molecular formula is C26H18O. The van der Waals surface area contributed by atoms with E-state index in [-0.39, 0.29) is 11.7 Å². The van der Waals surface area contributed by atoms with Gasteiger partial charge in [-0.1, -0.05) is 42.5 Å². The second kappa shape index (κ2) is 6.37. The molecule has 5 rings (SSSR count). The molecule has 4 aromatic carbocycles. The molecular weight excluding hydrogens is 328 g/mol. The van der Waals surface area contributed by atoms with Gasteiger partial charge in [-0.2, -0.15) is 0 Å². The number of fused-ring (bicyclic) bond motifs is 2. The third-order valence-electron chi connectivity index (χ3n) is 5.37. The second-order valence-corrected chi connectivity index (χ2v) is 6.89. The van der Waals surface area contributed by atoms with Crippen molar-refractivity contribution < 1.29 is 5.11 Å². The molecule has 0 saturated heterocycles. The number of hydrogen-bond donors (Lipinski definition) is 0. The molecule has 0 N–H and O–H groups in total. The lowest BCUT2D eigenvalue weighted by atomic mass is 9.68. The smallest absolute Gasteiger partial charge is 0.0735 e. The third-order valence-corrected chi connectivity index (χ3v) is 5.37. The van der Waals surface area contributed by atoms with Crippen LogP contribution in [-0.2, 0) is 0 Å². The van der Waals surface area contributed by atoms with Gasteiger partial charge in [-0.15, -0.1) is 5.75 Å². The molecule has 0 heterocycles. The minimum Gasteiger partial charge on any atom is -0.872 e. The Balaban J connectivity index is 1.82. The number of rotatable bonds is 2. The minimum atomic E-state index is -0.0430. The first-order chi connectivity index (χ1) is 13.3. The van der Waals surface area contributed by atoms with E-state index in [2.05, 4.69) is 72.8 Å². The summed E-state index contributed by atoms with van der Waals surface area (Å²) in [5, 5.41) is 12.7. The van der Waals surface area contributed by atoms with E-state index in [4.69, 9.17) is 0 Å². The lowest BCUT2D eigenvalue weighted by molar-refractivity contribution is -0.269. The van der Waals surface area contributed by atoms with Gasteiger partial charge in [0.1, 0.15) is 0 Å². The Bertz CT molecular complexity index is 1050. The Hall–Kier alpha value is -3.45. The molecule has 0 fully saturated rings. The van der Waals surface area contributed by atoms with Gasteiger partial charge in [-0.25, -0.2) is 0 Å². The van der Waals surface area contributed by atoms with Crippen LogP contribution in [0.2, 0.25) is 0 Å². The molecule has 0 bridgehead atoms. The second-order valence-electron chi connectivity index (χ2n) is 6.89. The molecule has 0 aromatic heterocycles. The number of para-hydroxylation sites is 1. The molecule has 1 aliphatic carbocycles. The summed E-state index contributed by atoms with van der Waals surface area (Å²) in [5.74, 6) is 1.29. The van der Waals surface area contributed by atoms with Gasteiger partial charge in [-0.3, -0.25) is 0 Å². The van der Waals surface area contributed by atoms with Crippen molar-refractivity contribution in [3.8, 4) is 5.75 Å². The van der Waals surface area contributed by atoms with Crippen LogP contribution >= 0.6 is 0 Å². The zero-order chi connectivity index (χ0) is 18.2. The van der Waals surface area contributed by atoms with E-state index in [1.54, 1.807) is 6.07 Å². The zero-order valence-electron chi connectivity index (χ0n) is 14.8. The van der Waals surface area contributed by atoms with Crippen molar-refractivity contribution >= 4 is 0 Å². The van der Waals surface area contributed by atoms with E-state index in [0.29, 0.717) is 0 Å². The maximum Gasteiger partial charge on any atom is 0.0735 e. The summed E-state index contributed by atoms with van der Waals surface area (Å²) in [5.41, 5.74) is 6.83. The molecule has 4 aromatic rings. The van der Waals surface area contributed by atoms with Crippen LogP contribution in [0.1, 0.15) is 39.3 Å². The van der Waals surface area contributed by atoms with Gasteiger partial charge in [0.2, 0.25) is 0 Å². The predicted octanol–water partition coefficient (Wildman–Crippen LogP) is 5.27. The Morgan fingerprint density at radius 2 is 1.00 bits per heavy atom. The molecule has 0 radical (unpaired) electrons. The molecule has 128 valence electrons. The van der Waals surface area contributed by atoms with Crippen molar-refractivity contribution in [3.63, 3.8) is 0 Å². The topological polar surface area (TPSA) is 23.1 Å². The van der Waals surface area contributed by atoms with Gasteiger partial charge in [-0.05, 0) is 66.2 Å². The molecule has 0 aliphatic heterocycles. The average molecular weight is 346 g/mol. The van der Waals surface area contributed by atoms with E-state index in [1.807, 2.05) is 24.3 Å². The van der Waals surface area contributed by atoms with Crippen molar-refractivity contribution in [3.05, 3.63) is 142 Å². The van der Waals surface area contributed by atoms with E-state index in [9.17, 15) is 5.11 Å². The van der Waals surface area contributed by atoms with Gasteiger partial charge < -0.3 is 5.11 Å². The Morgan fingerprint density at radius 3 is 1.59 bits per heavy atom. The quantitative estimate of drug-likeness (QED) is 0.399. The molecule has 1 aliphatic rings. The van der Waals surface area contributed by atoms with Crippen LogP contribution in [-0.4, -0.2) is 0 Å². The Kier molecular flexibility index (Phi) is 3.72. The molecule has 0 amide bonds. The van der Waals surface area contributed by atoms with Gasteiger partial charge in [0.15, 0.2) is 0 Å². The van der Waals surface area contributed by atoms with Crippen LogP contribution in [0.4, 0.5) is 0 Å². The normalized spacial score (nSPS) is 13.1. The van der Waals surface area contributed by atoms with Crippen molar-refractivity contribution in [1.29, 1.82) is 0 Å². The molecule has 0 saturated carbocycles. The van der Waals surface area contributed by atoms with Gasteiger partial charge in [0.05, 0.1) is 28.5 Å². The molecule has 0 spiro atoms. The zero-order valence-corrected chi connectivity index (χ0v) is 14.8. The summed E-state index contributed by atoms with van der Waals surface area (Å²) >= 11 is 0. The third kappa shape index (κ3) is 2.51. The van der Waals surface area contributed by atoms with Crippen molar-refractivity contribution in [2.45, 2.75) is 5.92 Å². The highest BCUT2D eigenvalue weighted by Crippen LogP contribution is 2.49. The highest BCUT2D eigenvalue weighted by Gasteiger charge is 2.38. The lowest BCUT2D eigenvalue weighted by Gasteiger charge is -2.31. The summed E-state index contributed by atoms with van der Waals surface area (Å²) < 4.78 is 0. The first-order valence-corrected chi connectivity index (χ1v) is 9.21. The molecule has 27 heavy (non-hydrogen) atoms. The Labute approximate surface area is 159 Å². The Morgan fingerprint density at radius 1 is 0.519 bits per heavy atom. The van der Waals surface area contributed by atoms with Crippen LogP contribution < -0.4 is 5.11 Å². The highest BCUT2D eigenvalue weighted by atomic mass is 16.3. The maximum atomic E-state index is 12.7. The lowest BCUT2D eigenvalue weighted by Crippen LogP contribution is -2.21. The van der Waals surface area contributed by atoms with E-state index in [0.717, 1.165) is 5.56 Å². The molecule has 1 heteroatoms. The number of hydrogen-bond acceptors (Lipinski definition) is 1. The summed E-state index contributed by atoms with van der Waals surface area (Å²) in [6, 6.07) is 34.9. The van der Waals surface area contributed by atoms with Gasteiger partial charge >= 0.3 is 0 Å². The van der Waals surface area contributed by atoms with Crippen LogP contribution in [0, 0.1) is 5.92 Å². The first-order valence-electron chi connectivity index (χ1n) is 9.21. The summed E-state index contributed by atoms with van der Waals surface area (Å²) in [7, 11) is 0. The first kappa shape index (κ1) is 15.8. The van der Waals surface area contributed by atoms with Crippen LogP contribution in [0.15, 0.2) is 103 Å². The molecule has 1 nitrogen and oxygen atoms in total. The minimum absolute atomic E-state index is 0.0430. The van der Waals surface area contributed by atoms with Gasteiger partial charge in [0.25, 0.3) is 0 Å². The largest absolute Gasteiger partial charge is 0.872 e. The fraction of sp³-hybridized carbons (Fsp3) is 0.0385. The van der Waals surface area contributed by atoms with Crippen molar-refractivity contribution in [1.82, 2.24) is 0 Å². The van der Waals surface area contributed by atoms with Crippen molar-refractivity contribution in [2.75, 3.05) is 0 Å². The average Bonchev–Trinajstić information content (AvgIpc) is 2.73. The number of benzene rings is 4. The standard InChI is InChI=1S/C26H18O/c27-24-17-9-8-16-23(24)26-21-14-6-4-12-19(21)25(18-10-2-1-3-11-18)20-13-5-7-15-22(20)26/h1-17,26H. The van der Waals surface area contributed by atoms with Gasteiger partial charge in [0, 0.05) is 11.1 Å². The summed E-state index contributed by atoms with van der Waals surface area (Å²) in [6.45, 7) is 0. The summed E-state index contributed by atoms with van der Waals surface area (Å²) in [4.78, 5) is 0. The fourth-order valence-corrected chi connectivity index (χ4v) is 4.24. The van der Waals surface area contributed by atoms with Crippen LogP contribution in [0.25, 0.3) is 0 Å². The monoisotopic (exact) mass is 346 g/mol.